The number of hydrogen-bond acceptors (Lipinski definition) is 10. The summed E-state index contributed by atoms with van der Waals surface area (Å²) in [5.41, 5.74) is 3.16. The quantitative estimate of drug-likeness (QED) is 0.379. The fourth-order valence-electron chi connectivity index (χ4n) is 5.08. The molecule has 0 bridgehead atoms. The standard InChI is InChI=1S/C25H27N7O4S/c1-2-35-25(34)36-32-9-7-31(8-10-32)24(33)15-3-5-18-20(12-15)37-23-21(18)22(26-14-27-23)29-17-4-6-19-16(11-17)13-28-30-19/h4,6,11,13-15H,2-3,5,7-10,12H2,1H3,(H,28,30)(H,26,27,29). The minimum atomic E-state index is -0.703. The summed E-state index contributed by atoms with van der Waals surface area (Å²) in [6.07, 6.45) is 4.98. The fourth-order valence-corrected chi connectivity index (χ4v) is 6.35. The molecular formula is C25H27N7O4S. The number of thiophene rings is 1. The Kier molecular flexibility index (Phi) is 6.35. The van der Waals surface area contributed by atoms with Crippen LogP contribution in [0.2, 0.25) is 0 Å². The number of hydroxylamine groups is 2. The van der Waals surface area contributed by atoms with Crippen molar-refractivity contribution in [3.63, 3.8) is 0 Å². The number of carbonyl (C=O) groups excluding carboxylic acids is 2. The molecule has 0 saturated carbocycles. The largest absolute Gasteiger partial charge is 0.527 e. The van der Waals surface area contributed by atoms with Crippen LogP contribution in [-0.2, 0) is 27.2 Å². The Morgan fingerprint density at radius 3 is 2.92 bits per heavy atom. The highest BCUT2D eigenvalue weighted by molar-refractivity contribution is 7.19. The number of nitrogens with zero attached hydrogens (tertiary/aromatic N) is 5. The fraction of sp³-hybridized carbons (Fsp3) is 0.400. The normalized spacial score (nSPS) is 18.1. The molecule has 192 valence electrons. The van der Waals surface area contributed by atoms with Crippen molar-refractivity contribution in [3.8, 4) is 0 Å². The van der Waals surface area contributed by atoms with Crippen molar-refractivity contribution in [3.05, 3.63) is 41.2 Å². The second-order valence-electron chi connectivity index (χ2n) is 9.17. The van der Waals surface area contributed by atoms with Gasteiger partial charge in [0, 0.05) is 35.0 Å². The molecule has 1 amide bonds. The number of hydrogen-bond donors (Lipinski definition) is 2. The smallest absolute Gasteiger partial charge is 0.433 e. The number of carbonyl (C=O) groups is 2. The third-order valence-corrected chi connectivity index (χ3v) is 8.08. The first kappa shape index (κ1) is 23.6. The molecule has 1 saturated heterocycles. The predicted molar refractivity (Wildman–Crippen MR) is 139 cm³/mol. The summed E-state index contributed by atoms with van der Waals surface area (Å²) in [6, 6.07) is 6.03. The monoisotopic (exact) mass is 521 g/mol. The number of fused-ring (bicyclic) bond motifs is 4. The van der Waals surface area contributed by atoms with Crippen molar-refractivity contribution in [1.82, 2.24) is 30.1 Å². The summed E-state index contributed by atoms with van der Waals surface area (Å²) >= 11 is 1.65. The Labute approximate surface area is 216 Å². The maximum Gasteiger partial charge on any atom is 0.527 e. The highest BCUT2D eigenvalue weighted by Crippen LogP contribution is 2.41. The van der Waals surface area contributed by atoms with E-state index >= 15 is 0 Å². The zero-order valence-electron chi connectivity index (χ0n) is 20.4. The number of rotatable bonds is 5. The van der Waals surface area contributed by atoms with Crippen LogP contribution in [0.1, 0.15) is 23.8 Å². The van der Waals surface area contributed by atoms with Crippen molar-refractivity contribution in [1.29, 1.82) is 0 Å². The lowest BCUT2D eigenvalue weighted by molar-refractivity contribution is -0.158. The van der Waals surface area contributed by atoms with Gasteiger partial charge in [-0.25, -0.2) is 14.8 Å². The number of aromatic amines is 1. The second kappa shape index (κ2) is 9.94. The van der Waals surface area contributed by atoms with E-state index in [1.165, 1.54) is 10.4 Å². The number of anilines is 2. The molecular weight excluding hydrogens is 494 g/mol. The number of benzene rings is 1. The number of piperazine rings is 1. The lowest BCUT2D eigenvalue weighted by Crippen LogP contribution is -2.51. The molecule has 0 spiro atoms. The van der Waals surface area contributed by atoms with Crippen LogP contribution in [0.5, 0.6) is 0 Å². The molecule has 4 heterocycles. The van der Waals surface area contributed by atoms with Crippen molar-refractivity contribution < 1.29 is 19.2 Å². The molecule has 1 fully saturated rings. The molecule has 1 aliphatic carbocycles. The van der Waals surface area contributed by atoms with E-state index < -0.39 is 6.16 Å². The summed E-state index contributed by atoms with van der Waals surface area (Å²) in [4.78, 5) is 43.2. The number of H-pyrrole nitrogens is 1. The van der Waals surface area contributed by atoms with E-state index in [0.717, 1.165) is 45.5 Å². The van der Waals surface area contributed by atoms with Gasteiger partial charge in [-0.05, 0) is 49.9 Å². The van der Waals surface area contributed by atoms with Crippen LogP contribution in [0.25, 0.3) is 21.1 Å². The summed E-state index contributed by atoms with van der Waals surface area (Å²) in [7, 11) is 0. The minimum Gasteiger partial charge on any atom is -0.433 e. The third kappa shape index (κ3) is 4.69. The molecule has 3 aromatic heterocycles. The van der Waals surface area contributed by atoms with E-state index in [0.29, 0.717) is 32.6 Å². The summed E-state index contributed by atoms with van der Waals surface area (Å²) in [6.45, 7) is 3.99. The van der Waals surface area contributed by atoms with Gasteiger partial charge in [-0.1, -0.05) is 0 Å². The van der Waals surface area contributed by atoms with Crippen LogP contribution < -0.4 is 5.32 Å². The summed E-state index contributed by atoms with van der Waals surface area (Å²) in [5, 5.41) is 14.2. The van der Waals surface area contributed by atoms with Gasteiger partial charge in [0.1, 0.15) is 17.0 Å². The van der Waals surface area contributed by atoms with E-state index in [1.54, 1.807) is 35.8 Å². The molecule has 4 aromatic rings. The Hall–Kier alpha value is -3.77. The Morgan fingerprint density at radius 1 is 1.22 bits per heavy atom. The molecule has 2 N–H and O–H groups in total. The van der Waals surface area contributed by atoms with Gasteiger partial charge in [-0.3, -0.25) is 9.89 Å². The number of ether oxygens (including phenoxy) is 1. The Bertz CT molecular complexity index is 1460. The number of nitrogens with one attached hydrogen (secondary N) is 2. The lowest BCUT2D eigenvalue weighted by Gasteiger charge is -2.35. The topological polar surface area (TPSA) is 126 Å². The molecule has 12 heteroatoms. The molecule has 11 nitrogen and oxygen atoms in total. The van der Waals surface area contributed by atoms with Crippen LogP contribution in [0.3, 0.4) is 0 Å². The molecule has 37 heavy (non-hydrogen) atoms. The first-order chi connectivity index (χ1) is 18.1. The molecule has 1 unspecified atom stereocenters. The van der Waals surface area contributed by atoms with Crippen molar-refractivity contribution in [2.75, 3.05) is 38.1 Å². The highest BCUT2D eigenvalue weighted by atomic mass is 32.1. The van der Waals surface area contributed by atoms with Crippen molar-refractivity contribution >= 4 is 56.0 Å². The van der Waals surface area contributed by atoms with Crippen molar-refractivity contribution in [2.24, 2.45) is 5.92 Å². The molecule has 1 aromatic carbocycles. The minimum absolute atomic E-state index is 0.0639. The first-order valence-electron chi connectivity index (χ1n) is 12.4. The van der Waals surface area contributed by atoms with Gasteiger partial charge in [0.05, 0.1) is 36.8 Å². The van der Waals surface area contributed by atoms with Crippen LogP contribution in [0, 0.1) is 5.92 Å². The molecule has 2 aliphatic rings. The second-order valence-corrected chi connectivity index (χ2v) is 10.3. The summed E-state index contributed by atoms with van der Waals surface area (Å²) in [5.74, 6) is 0.885. The maximum absolute atomic E-state index is 13.3. The number of aromatic nitrogens is 4. The Balaban J connectivity index is 1.15. The van der Waals surface area contributed by atoms with Gasteiger partial charge in [0.15, 0.2) is 0 Å². The van der Waals surface area contributed by atoms with E-state index in [9.17, 15) is 9.59 Å². The van der Waals surface area contributed by atoms with E-state index in [2.05, 4.69) is 25.5 Å². The van der Waals surface area contributed by atoms with Crippen molar-refractivity contribution in [2.45, 2.75) is 26.2 Å². The van der Waals surface area contributed by atoms with Gasteiger partial charge < -0.3 is 19.8 Å². The molecule has 0 radical (unpaired) electrons. The summed E-state index contributed by atoms with van der Waals surface area (Å²) < 4.78 is 4.83. The average molecular weight is 522 g/mol. The number of amides is 1. The molecule has 1 atom stereocenters. The van der Waals surface area contributed by atoms with Crippen LogP contribution in [-0.4, -0.2) is 75.0 Å². The molecule has 1 aliphatic heterocycles. The third-order valence-electron chi connectivity index (χ3n) is 6.91. The Morgan fingerprint density at radius 2 is 2.08 bits per heavy atom. The van der Waals surface area contributed by atoms with Crippen LogP contribution in [0.4, 0.5) is 16.3 Å². The van der Waals surface area contributed by atoms with E-state index in [-0.39, 0.29) is 18.4 Å². The van der Waals surface area contributed by atoms with Crippen LogP contribution in [0.15, 0.2) is 30.7 Å². The first-order valence-corrected chi connectivity index (χ1v) is 13.2. The van der Waals surface area contributed by atoms with Crippen LogP contribution >= 0.6 is 11.3 Å². The predicted octanol–water partition coefficient (Wildman–Crippen LogP) is 3.65. The average Bonchev–Trinajstić information content (AvgIpc) is 3.53. The maximum atomic E-state index is 13.3. The SMILES string of the molecule is CCOC(=O)ON1CCN(C(=O)C2CCc3c(sc4ncnc(Nc5ccc6[nH]ncc6c5)c34)C2)CC1. The van der Waals surface area contributed by atoms with E-state index in [1.807, 2.05) is 23.1 Å². The van der Waals surface area contributed by atoms with E-state index in [4.69, 9.17) is 9.57 Å². The van der Waals surface area contributed by atoms with Gasteiger partial charge in [0.2, 0.25) is 5.91 Å². The zero-order valence-corrected chi connectivity index (χ0v) is 21.2. The van der Waals surface area contributed by atoms with Gasteiger partial charge in [-0.15, -0.1) is 16.4 Å². The number of aryl methyl sites for hydroxylation is 1. The highest BCUT2D eigenvalue weighted by Gasteiger charge is 2.33. The zero-order chi connectivity index (χ0) is 25.4. The van der Waals surface area contributed by atoms with Gasteiger partial charge in [-0.2, -0.15) is 5.10 Å². The van der Waals surface area contributed by atoms with Gasteiger partial charge in [0.25, 0.3) is 0 Å². The lowest BCUT2D eigenvalue weighted by atomic mass is 9.86. The van der Waals surface area contributed by atoms with Gasteiger partial charge >= 0.3 is 6.16 Å². The molecule has 6 rings (SSSR count).